The Balaban J connectivity index is 2.00. The van der Waals surface area contributed by atoms with Gasteiger partial charge in [0, 0.05) is 5.56 Å². The van der Waals surface area contributed by atoms with E-state index in [4.69, 9.17) is 0 Å². The summed E-state index contributed by atoms with van der Waals surface area (Å²) in [5.41, 5.74) is 0.550. The average molecular weight is 404 g/mol. The molecule has 3 N–H and O–H groups in total. The molecule has 4 rings (SSSR count). The van der Waals surface area contributed by atoms with Gasteiger partial charge in [-0.15, -0.1) is 0 Å². The van der Waals surface area contributed by atoms with Crippen LogP contribution in [0.4, 0.5) is 0 Å². The number of rotatable bonds is 3. The summed E-state index contributed by atoms with van der Waals surface area (Å²) in [5.74, 6) is 0.285. The van der Waals surface area contributed by atoms with Crippen molar-refractivity contribution >= 4 is 42.0 Å². The van der Waals surface area contributed by atoms with Gasteiger partial charge in [0.15, 0.2) is 0 Å². The predicted octanol–water partition coefficient (Wildman–Crippen LogP) is 2.88. The summed E-state index contributed by atoms with van der Waals surface area (Å²) in [7, 11) is -9.46. The van der Waals surface area contributed by atoms with E-state index in [-0.39, 0.29) is 16.9 Å². The van der Waals surface area contributed by atoms with Crippen molar-refractivity contribution in [3.8, 4) is 11.4 Å². The van der Waals surface area contributed by atoms with Crippen molar-refractivity contribution in [2.75, 3.05) is 0 Å². The molecule has 0 aliphatic heterocycles. The summed E-state index contributed by atoms with van der Waals surface area (Å²) in [4.78, 5) is 5.67. The second kappa shape index (κ2) is 5.86. The van der Waals surface area contributed by atoms with Crippen LogP contribution in [0.25, 0.3) is 33.2 Å². The standard InChI is InChI=1S/C17H12N2O6S2/c20-26(21,22)13-8-14-16(15(9-13)27(23,24)25)19-17(18-14)12-6-5-10-3-1-2-4-11(10)7-12/h1-9H,(H,18,19)(H,20,21,22)(H,23,24,25). The van der Waals surface area contributed by atoms with Gasteiger partial charge in [0.05, 0.1) is 10.4 Å². The molecule has 0 saturated heterocycles. The normalized spacial score (nSPS) is 12.7. The lowest BCUT2D eigenvalue weighted by Crippen LogP contribution is -2.04. The lowest BCUT2D eigenvalue weighted by molar-refractivity contribution is 0.482. The van der Waals surface area contributed by atoms with E-state index in [1.807, 2.05) is 36.4 Å². The van der Waals surface area contributed by atoms with Crippen LogP contribution in [0.2, 0.25) is 0 Å². The Hall–Kier alpha value is -2.79. The number of fused-ring (bicyclic) bond motifs is 2. The summed E-state index contributed by atoms with van der Waals surface area (Å²) < 4.78 is 64.9. The van der Waals surface area contributed by atoms with E-state index in [2.05, 4.69) is 9.97 Å². The Morgan fingerprint density at radius 3 is 2.19 bits per heavy atom. The minimum Gasteiger partial charge on any atom is -0.338 e. The Morgan fingerprint density at radius 2 is 1.52 bits per heavy atom. The van der Waals surface area contributed by atoms with Crippen molar-refractivity contribution in [2.24, 2.45) is 0 Å². The molecule has 1 aromatic heterocycles. The summed E-state index contributed by atoms with van der Waals surface area (Å²) in [6, 6.07) is 14.8. The highest BCUT2D eigenvalue weighted by Crippen LogP contribution is 2.30. The number of H-pyrrole nitrogens is 1. The predicted molar refractivity (Wildman–Crippen MR) is 98.7 cm³/mol. The van der Waals surface area contributed by atoms with Crippen LogP contribution in [0.3, 0.4) is 0 Å². The Kier molecular flexibility index (Phi) is 3.82. The van der Waals surface area contributed by atoms with Crippen molar-refractivity contribution in [2.45, 2.75) is 9.79 Å². The van der Waals surface area contributed by atoms with Crippen LogP contribution < -0.4 is 0 Å². The van der Waals surface area contributed by atoms with Crippen molar-refractivity contribution in [3.63, 3.8) is 0 Å². The molecule has 0 aliphatic carbocycles. The summed E-state index contributed by atoms with van der Waals surface area (Å²) in [5, 5.41) is 1.94. The molecule has 10 heteroatoms. The zero-order valence-electron chi connectivity index (χ0n) is 13.5. The first-order valence-electron chi connectivity index (χ1n) is 7.61. The second-order valence-electron chi connectivity index (χ2n) is 5.92. The first kappa shape index (κ1) is 17.6. The van der Waals surface area contributed by atoms with E-state index in [1.165, 1.54) is 0 Å². The number of aromatic nitrogens is 2. The van der Waals surface area contributed by atoms with E-state index in [9.17, 15) is 25.9 Å². The third kappa shape index (κ3) is 3.19. The highest BCUT2D eigenvalue weighted by molar-refractivity contribution is 7.86. The molecule has 0 atom stereocenters. The van der Waals surface area contributed by atoms with Crippen LogP contribution in [0.15, 0.2) is 64.4 Å². The van der Waals surface area contributed by atoms with Crippen molar-refractivity contribution < 1.29 is 25.9 Å². The zero-order chi connectivity index (χ0) is 19.4. The Labute approximate surface area is 154 Å². The van der Waals surface area contributed by atoms with Gasteiger partial charge in [-0.3, -0.25) is 9.11 Å². The van der Waals surface area contributed by atoms with E-state index in [0.29, 0.717) is 11.6 Å². The number of hydrogen-bond acceptors (Lipinski definition) is 5. The molecule has 4 aromatic rings. The highest BCUT2D eigenvalue weighted by atomic mass is 32.2. The Bertz CT molecular complexity index is 1420. The van der Waals surface area contributed by atoms with Gasteiger partial charge in [-0.2, -0.15) is 16.8 Å². The van der Waals surface area contributed by atoms with Gasteiger partial charge < -0.3 is 4.98 Å². The summed E-state index contributed by atoms with van der Waals surface area (Å²) in [6.07, 6.45) is 0. The van der Waals surface area contributed by atoms with Crippen LogP contribution in [0, 0.1) is 0 Å². The molecule has 1 heterocycles. The minimum absolute atomic E-state index is 0.0425. The number of aromatic amines is 1. The third-order valence-corrected chi connectivity index (χ3v) is 5.82. The fourth-order valence-corrected chi connectivity index (χ4v) is 4.16. The molecule has 0 aliphatic rings. The van der Waals surface area contributed by atoms with Crippen LogP contribution >= 0.6 is 0 Å². The Morgan fingerprint density at radius 1 is 0.815 bits per heavy atom. The van der Waals surface area contributed by atoms with Gasteiger partial charge >= 0.3 is 0 Å². The number of imidazole rings is 1. The van der Waals surface area contributed by atoms with Gasteiger partial charge in [0.1, 0.15) is 16.2 Å². The number of hydrogen-bond donors (Lipinski definition) is 3. The molecule has 8 nitrogen and oxygen atoms in total. The maximum atomic E-state index is 11.7. The molecule has 0 saturated carbocycles. The maximum absolute atomic E-state index is 11.7. The largest absolute Gasteiger partial charge is 0.338 e. The molecular formula is C17H12N2O6S2. The smallest absolute Gasteiger partial charge is 0.296 e. The van der Waals surface area contributed by atoms with Gasteiger partial charge in [-0.25, -0.2) is 4.98 Å². The second-order valence-corrected chi connectivity index (χ2v) is 8.73. The average Bonchev–Trinajstić information content (AvgIpc) is 3.02. The van der Waals surface area contributed by atoms with Crippen molar-refractivity contribution in [3.05, 3.63) is 54.6 Å². The van der Waals surface area contributed by atoms with Crippen molar-refractivity contribution in [1.82, 2.24) is 9.97 Å². The van der Waals surface area contributed by atoms with Crippen molar-refractivity contribution in [1.29, 1.82) is 0 Å². The van der Waals surface area contributed by atoms with E-state index in [0.717, 1.165) is 16.8 Å². The number of benzene rings is 3. The minimum atomic E-state index is -4.77. The molecule has 138 valence electrons. The van der Waals surface area contributed by atoms with E-state index >= 15 is 0 Å². The zero-order valence-corrected chi connectivity index (χ0v) is 15.1. The monoisotopic (exact) mass is 404 g/mol. The first-order chi connectivity index (χ1) is 12.6. The van der Waals surface area contributed by atoms with Gasteiger partial charge in [-0.1, -0.05) is 36.4 Å². The lowest BCUT2D eigenvalue weighted by Gasteiger charge is -2.02. The lowest BCUT2D eigenvalue weighted by atomic mass is 10.1. The molecular weight excluding hydrogens is 392 g/mol. The van der Waals surface area contributed by atoms with Crippen LogP contribution in [0.5, 0.6) is 0 Å². The summed E-state index contributed by atoms with van der Waals surface area (Å²) in [6.45, 7) is 0. The fourth-order valence-electron chi connectivity index (χ4n) is 2.88. The number of nitrogens with one attached hydrogen (secondary N) is 1. The third-order valence-electron chi connectivity index (χ3n) is 4.12. The van der Waals surface area contributed by atoms with Crippen LogP contribution in [-0.2, 0) is 20.2 Å². The quantitative estimate of drug-likeness (QED) is 0.446. The molecule has 3 aromatic carbocycles. The molecule has 0 unspecified atom stereocenters. The fraction of sp³-hybridized carbons (Fsp3) is 0. The molecule has 27 heavy (non-hydrogen) atoms. The molecule has 0 radical (unpaired) electrons. The topological polar surface area (TPSA) is 137 Å². The molecule has 0 amide bonds. The van der Waals surface area contributed by atoms with Crippen LogP contribution in [0.1, 0.15) is 0 Å². The van der Waals surface area contributed by atoms with Gasteiger partial charge in [-0.05, 0) is 29.0 Å². The first-order valence-corrected chi connectivity index (χ1v) is 10.5. The maximum Gasteiger partial charge on any atom is 0.296 e. The molecule has 0 bridgehead atoms. The van der Waals surface area contributed by atoms with Gasteiger partial charge in [0.2, 0.25) is 0 Å². The van der Waals surface area contributed by atoms with E-state index < -0.39 is 30.0 Å². The van der Waals surface area contributed by atoms with Gasteiger partial charge in [0.25, 0.3) is 20.2 Å². The molecule has 0 fully saturated rings. The molecule has 0 spiro atoms. The van der Waals surface area contributed by atoms with Crippen LogP contribution in [-0.4, -0.2) is 35.9 Å². The number of nitrogens with zero attached hydrogens (tertiary/aromatic N) is 1. The summed E-state index contributed by atoms with van der Waals surface area (Å²) >= 11 is 0. The highest BCUT2D eigenvalue weighted by Gasteiger charge is 2.23. The van der Waals surface area contributed by atoms with E-state index in [1.54, 1.807) is 6.07 Å². The SMILES string of the molecule is O=S(=O)(O)c1cc(S(=O)(=O)O)c2nc(-c3ccc4ccccc4c3)[nH]c2c1.